The summed E-state index contributed by atoms with van der Waals surface area (Å²) in [6.07, 6.45) is 6.62. The highest BCUT2D eigenvalue weighted by Gasteiger charge is 2.34. The van der Waals surface area contributed by atoms with Crippen molar-refractivity contribution in [2.75, 3.05) is 5.75 Å². The first kappa shape index (κ1) is 11.5. The lowest BCUT2D eigenvalue weighted by molar-refractivity contribution is 0.649. The van der Waals surface area contributed by atoms with Crippen LogP contribution in [0, 0.1) is 11.8 Å². The summed E-state index contributed by atoms with van der Waals surface area (Å²) >= 11 is 7.19. The predicted octanol–water partition coefficient (Wildman–Crippen LogP) is 4.28. The van der Waals surface area contributed by atoms with Crippen molar-refractivity contribution >= 4 is 28.2 Å². The van der Waals surface area contributed by atoms with Crippen molar-refractivity contribution in [1.82, 2.24) is 0 Å². The van der Waals surface area contributed by atoms with Crippen LogP contribution in [0.5, 0.6) is 0 Å². The van der Waals surface area contributed by atoms with Crippen molar-refractivity contribution in [3.8, 4) is 0 Å². The Hall–Kier alpha value is 0.440. The van der Waals surface area contributed by atoms with E-state index in [4.69, 9.17) is 12.2 Å². The summed E-state index contributed by atoms with van der Waals surface area (Å²) in [6, 6.07) is 0. The minimum absolute atomic E-state index is 1.02. The van der Waals surface area contributed by atoms with E-state index in [0.29, 0.717) is 0 Å². The van der Waals surface area contributed by atoms with Crippen LogP contribution in [0.3, 0.4) is 0 Å². The van der Waals surface area contributed by atoms with E-state index in [-0.39, 0.29) is 0 Å². The van der Waals surface area contributed by atoms with Crippen LogP contribution in [-0.4, -0.2) is 9.95 Å². The average molecular weight is 216 g/mol. The molecule has 13 heavy (non-hydrogen) atoms. The van der Waals surface area contributed by atoms with Gasteiger partial charge in [-0.3, -0.25) is 0 Å². The molecule has 0 saturated heterocycles. The Morgan fingerprint density at radius 1 is 1.38 bits per heavy atom. The molecule has 0 aromatic rings. The molecule has 1 aliphatic rings. The van der Waals surface area contributed by atoms with E-state index < -0.39 is 0 Å². The van der Waals surface area contributed by atoms with Gasteiger partial charge in [0.1, 0.15) is 0 Å². The summed E-state index contributed by atoms with van der Waals surface area (Å²) in [5.74, 6) is 3.27. The molecule has 2 atom stereocenters. The second-order valence-electron chi connectivity index (χ2n) is 3.92. The molecule has 0 bridgehead atoms. The smallest absolute Gasteiger partial charge is 0.0478 e. The summed E-state index contributed by atoms with van der Waals surface area (Å²) < 4.78 is 1.24. The molecule has 1 fully saturated rings. The zero-order chi connectivity index (χ0) is 9.68. The Bertz CT molecular complexity index is 165. The van der Waals surface area contributed by atoms with Crippen LogP contribution in [0.15, 0.2) is 0 Å². The number of hydrogen-bond donors (Lipinski definition) is 0. The molecule has 0 spiro atoms. The Balaban J connectivity index is 1.97. The third-order valence-corrected chi connectivity index (χ3v) is 4.48. The summed E-state index contributed by atoms with van der Waals surface area (Å²) in [6.45, 7) is 4.51. The van der Waals surface area contributed by atoms with Crippen molar-refractivity contribution in [1.29, 1.82) is 0 Å². The van der Waals surface area contributed by atoms with Crippen LogP contribution in [0.1, 0.15) is 46.0 Å². The second-order valence-corrected chi connectivity index (χ2v) is 5.86. The Labute approximate surface area is 91.9 Å². The zero-order valence-electron chi connectivity index (χ0n) is 8.71. The number of thiocarbonyl (C=S) groups is 1. The number of rotatable bonds is 6. The van der Waals surface area contributed by atoms with E-state index in [1.165, 1.54) is 42.1 Å². The lowest BCUT2D eigenvalue weighted by Gasteiger charge is -2.01. The van der Waals surface area contributed by atoms with Crippen molar-refractivity contribution in [2.45, 2.75) is 46.0 Å². The van der Waals surface area contributed by atoms with Crippen LogP contribution < -0.4 is 0 Å². The molecule has 2 unspecified atom stereocenters. The van der Waals surface area contributed by atoms with E-state index >= 15 is 0 Å². The molecule has 76 valence electrons. The monoisotopic (exact) mass is 216 g/mol. The minimum atomic E-state index is 1.02. The van der Waals surface area contributed by atoms with Gasteiger partial charge in [0, 0.05) is 4.20 Å². The van der Waals surface area contributed by atoms with Crippen molar-refractivity contribution in [3.05, 3.63) is 0 Å². The summed E-state index contributed by atoms with van der Waals surface area (Å²) in [4.78, 5) is 0. The van der Waals surface area contributed by atoms with Gasteiger partial charge in [-0.1, -0.05) is 32.5 Å². The van der Waals surface area contributed by atoms with Crippen LogP contribution in [0.2, 0.25) is 0 Å². The van der Waals surface area contributed by atoms with Gasteiger partial charge in [-0.05, 0) is 43.3 Å². The predicted molar refractivity (Wildman–Crippen MR) is 66.5 cm³/mol. The van der Waals surface area contributed by atoms with Gasteiger partial charge in [-0.15, -0.1) is 11.8 Å². The van der Waals surface area contributed by atoms with Crippen LogP contribution in [-0.2, 0) is 0 Å². The minimum Gasteiger partial charge on any atom is -0.119 e. The van der Waals surface area contributed by atoms with Crippen molar-refractivity contribution in [3.63, 3.8) is 0 Å². The molecule has 0 aromatic carbocycles. The van der Waals surface area contributed by atoms with E-state index in [1.54, 1.807) is 0 Å². The maximum atomic E-state index is 5.30. The highest BCUT2D eigenvalue weighted by molar-refractivity contribution is 8.23. The molecule has 0 nitrogen and oxygen atoms in total. The van der Waals surface area contributed by atoms with Gasteiger partial charge in [-0.2, -0.15) is 0 Å². The SMILES string of the molecule is CCCSC(=S)CCC1CC1CC. The van der Waals surface area contributed by atoms with Gasteiger partial charge in [-0.25, -0.2) is 0 Å². The fourth-order valence-electron chi connectivity index (χ4n) is 1.76. The first-order valence-electron chi connectivity index (χ1n) is 5.43. The molecule has 1 aliphatic carbocycles. The van der Waals surface area contributed by atoms with Crippen LogP contribution >= 0.6 is 24.0 Å². The van der Waals surface area contributed by atoms with Gasteiger partial charge in [0.15, 0.2) is 0 Å². The van der Waals surface area contributed by atoms with Gasteiger partial charge in [0.2, 0.25) is 0 Å². The molecule has 1 rings (SSSR count). The molecule has 0 N–H and O–H groups in total. The Kier molecular flexibility index (Phi) is 5.34. The van der Waals surface area contributed by atoms with Gasteiger partial charge in [0.05, 0.1) is 0 Å². The molecule has 0 aromatic heterocycles. The average Bonchev–Trinajstić information content (AvgIpc) is 2.90. The van der Waals surface area contributed by atoms with E-state index in [2.05, 4.69) is 13.8 Å². The maximum Gasteiger partial charge on any atom is 0.0478 e. The molecular formula is C11H20S2. The molecule has 0 amide bonds. The Morgan fingerprint density at radius 2 is 2.15 bits per heavy atom. The molecule has 0 aliphatic heterocycles. The normalized spacial score (nSPS) is 26.0. The number of hydrogen-bond acceptors (Lipinski definition) is 2. The second kappa shape index (κ2) is 6.02. The fourth-order valence-corrected chi connectivity index (χ4v) is 2.82. The van der Waals surface area contributed by atoms with E-state index in [1.807, 2.05) is 11.8 Å². The molecule has 2 heteroatoms. The van der Waals surface area contributed by atoms with E-state index in [0.717, 1.165) is 11.8 Å². The highest BCUT2D eigenvalue weighted by Crippen LogP contribution is 2.44. The van der Waals surface area contributed by atoms with Gasteiger partial charge in [0.25, 0.3) is 0 Å². The third kappa shape index (κ3) is 4.46. The summed E-state index contributed by atoms with van der Waals surface area (Å²) in [5.41, 5.74) is 0. The number of thioether (sulfide) groups is 1. The summed E-state index contributed by atoms with van der Waals surface area (Å²) in [5, 5.41) is 0. The topological polar surface area (TPSA) is 0 Å². The quantitative estimate of drug-likeness (QED) is 0.608. The first-order valence-corrected chi connectivity index (χ1v) is 6.82. The lowest BCUT2D eigenvalue weighted by atomic mass is 10.2. The highest BCUT2D eigenvalue weighted by atomic mass is 32.2. The fraction of sp³-hybridized carbons (Fsp3) is 0.909. The van der Waals surface area contributed by atoms with Gasteiger partial charge < -0.3 is 0 Å². The van der Waals surface area contributed by atoms with Gasteiger partial charge >= 0.3 is 0 Å². The molecule has 0 heterocycles. The van der Waals surface area contributed by atoms with E-state index in [9.17, 15) is 0 Å². The third-order valence-electron chi connectivity index (χ3n) is 2.78. The molecular weight excluding hydrogens is 196 g/mol. The van der Waals surface area contributed by atoms with Crippen LogP contribution in [0.25, 0.3) is 0 Å². The largest absolute Gasteiger partial charge is 0.119 e. The summed E-state index contributed by atoms with van der Waals surface area (Å²) in [7, 11) is 0. The first-order chi connectivity index (χ1) is 6.27. The zero-order valence-corrected chi connectivity index (χ0v) is 10.3. The molecule has 0 radical (unpaired) electrons. The standard InChI is InChI=1S/C11H20S2/c1-3-7-13-11(12)6-5-10-8-9(10)4-2/h9-10H,3-8H2,1-2H3. The molecule has 1 saturated carbocycles. The Morgan fingerprint density at radius 3 is 2.69 bits per heavy atom. The maximum absolute atomic E-state index is 5.30. The lowest BCUT2D eigenvalue weighted by Crippen LogP contribution is -1.92. The van der Waals surface area contributed by atoms with Crippen LogP contribution in [0.4, 0.5) is 0 Å². The van der Waals surface area contributed by atoms with Crippen molar-refractivity contribution < 1.29 is 0 Å². The van der Waals surface area contributed by atoms with Crippen molar-refractivity contribution in [2.24, 2.45) is 11.8 Å².